The highest BCUT2D eigenvalue weighted by Crippen LogP contribution is 2.52. The van der Waals surface area contributed by atoms with Crippen LogP contribution in [0.1, 0.15) is 42.8 Å². The second kappa shape index (κ2) is 8.46. The molecule has 0 bridgehead atoms. The van der Waals surface area contributed by atoms with Crippen LogP contribution in [0.3, 0.4) is 0 Å². The van der Waals surface area contributed by atoms with E-state index in [-0.39, 0.29) is 16.4 Å². The number of benzene rings is 1. The normalized spacial score (nSPS) is 17.0. The van der Waals surface area contributed by atoms with Crippen LogP contribution in [0, 0.1) is 31.0 Å². The number of aromatic nitrogens is 3. The lowest BCUT2D eigenvalue weighted by Gasteiger charge is -2.32. The minimum atomic E-state index is -4.02. The van der Waals surface area contributed by atoms with E-state index in [1.807, 2.05) is 0 Å². The molecule has 1 fully saturated rings. The number of anilines is 1. The summed E-state index contributed by atoms with van der Waals surface area (Å²) in [6, 6.07) is 3.92. The van der Waals surface area contributed by atoms with E-state index in [1.165, 1.54) is 31.3 Å². The van der Waals surface area contributed by atoms with Crippen LogP contribution in [0.2, 0.25) is 0 Å². The van der Waals surface area contributed by atoms with Gasteiger partial charge in [-0.1, -0.05) is 18.1 Å². The molecule has 2 aromatic heterocycles. The highest BCUT2D eigenvalue weighted by Gasteiger charge is 2.61. The molecule has 1 aliphatic carbocycles. The van der Waals surface area contributed by atoms with E-state index in [1.54, 1.807) is 12.8 Å². The van der Waals surface area contributed by atoms with Crippen molar-refractivity contribution >= 4 is 26.6 Å². The summed E-state index contributed by atoms with van der Waals surface area (Å²) in [5.74, 6) is -3.73. The maximum atomic E-state index is 15.5. The summed E-state index contributed by atoms with van der Waals surface area (Å²) in [6.45, 7) is 3.15. The average molecular weight is 505 g/mol. The van der Waals surface area contributed by atoms with E-state index in [4.69, 9.17) is 6.42 Å². The molecule has 2 atom stereocenters. The Bertz CT molecular complexity index is 1470. The van der Waals surface area contributed by atoms with Crippen LogP contribution in [-0.2, 0) is 15.8 Å². The maximum Gasteiger partial charge on any atom is 0.315 e. The first kappa shape index (κ1) is 24.9. The zero-order valence-electron chi connectivity index (χ0n) is 19.2. The van der Waals surface area contributed by atoms with E-state index in [9.17, 15) is 13.5 Å². The van der Waals surface area contributed by atoms with Gasteiger partial charge in [-0.15, -0.1) is 6.42 Å². The largest absolute Gasteiger partial charge is 0.371 e. The molecule has 3 aromatic rings. The number of aliphatic hydroxyl groups is 1. The van der Waals surface area contributed by atoms with Crippen molar-refractivity contribution in [3.05, 3.63) is 53.2 Å². The van der Waals surface area contributed by atoms with Crippen LogP contribution in [0.25, 0.3) is 10.9 Å². The topological polar surface area (TPSA) is 105 Å². The monoisotopic (exact) mass is 504 g/mol. The van der Waals surface area contributed by atoms with E-state index in [0.29, 0.717) is 29.6 Å². The Labute approximate surface area is 200 Å². The molecular weight excluding hydrogens is 481 g/mol. The van der Waals surface area contributed by atoms with E-state index in [0.717, 1.165) is 12.3 Å². The number of fused-ring (bicyclic) bond motifs is 1. The van der Waals surface area contributed by atoms with Crippen molar-refractivity contribution < 1.29 is 26.7 Å². The highest BCUT2D eigenvalue weighted by atomic mass is 32.2. The van der Waals surface area contributed by atoms with Crippen LogP contribution in [0.4, 0.5) is 19.0 Å². The zero-order chi connectivity index (χ0) is 25.8. The minimum absolute atomic E-state index is 0.112. The maximum absolute atomic E-state index is 15.5. The molecule has 0 amide bonds. The molecule has 184 valence electrons. The van der Waals surface area contributed by atoms with Crippen molar-refractivity contribution in [2.45, 2.75) is 49.3 Å². The predicted molar refractivity (Wildman–Crippen MR) is 124 cm³/mol. The van der Waals surface area contributed by atoms with Gasteiger partial charge in [-0.25, -0.2) is 27.8 Å². The summed E-state index contributed by atoms with van der Waals surface area (Å²) >= 11 is 0. The van der Waals surface area contributed by atoms with Gasteiger partial charge in [0.2, 0.25) is 0 Å². The lowest BCUT2D eigenvalue weighted by molar-refractivity contribution is -0.168. The third-order valence-corrected chi connectivity index (χ3v) is 7.09. The number of nitrogens with zero attached hydrogens (tertiary/aromatic N) is 3. The molecule has 0 saturated heterocycles. The molecule has 0 radical (unpaired) electrons. The molecule has 1 saturated carbocycles. The predicted octanol–water partition coefficient (Wildman–Crippen LogP) is 3.92. The molecule has 11 heteroatoms. The number of alkyl halides is 2. The highest BCUT2D eigenvalue weighted by molar-refractivity contribution is 7.90. The van der Waals surface area contributed by atoms with Gasteiger partial charge in [0.15, 0.2) is 20.5 Å². The molecule has 0 unspecified atom stereocenters. The SMILES string of the molecule is C#C[C@](O)(C1CC1)C(F)(F)c1cccc([C@@H](C)Nc2nc(C)nc3cnc(S(C)(=O)=O)cc23)c1F. The average Bonchev–Trinajstić information content (AvgIpc) is 3.63. The van der Waals surface area contributed by atoms with E-state index >= 15 is 13.2 Å². The summed E-state index contributed by atoms with van der Waals surface area (Å²) in [5.41, 5.74) is -3.55. The van der Waals surface area contributed by atoms with Crippen molar-refractivity contribution in [1.29, 1.82) is 0 Å². The number of nitrogens with one attached hydrogen (secondary N) is 1. The fraction of sp³-hybridized carbons (Fsp3) is 0.375. The lowest BCUT2D eigenvalue weighted by Crippen LogP contribution is -2.47. The molecule has 2 heterocycles. The minimum Gasteiger partial charge on any atom is -0.371 e. The summed E-state index contributed by atoms with van der Waals surface area (Å²) in [5, 5.41) is 13.6. The molecule has 1 aromatic carbocycles. The second-order valence-corrected chi connectivity index (χ2v) is 10.7. The molecule has 0 aliphatic heterocycles. The zero-order valence-corrected chi connectivity index (χ0v) is 20.0. The Morgan fingerprint density at radius 3 is 2.57 bits per heavy atom. The molecular formula is C24H23F3N4O3S. The van der Waals surface area contributed by atoms with Gasteiger partial charge in [-0.2, -0.15) is 8.78 Å². The molecule has 0 spiro atoms. The van der Waals surface area contributed by atoms with Crippen molar-refractivity contribution in [2.24, 2.45) is 5.92 Å². The van der Waals surface area contributed by atoms with Gasteiger partial charge in [0.1, 0.15) is 17.5 Å². The Morgan fingerprint density at radius 1 is 1.29 bits per heavy atom. The number of hydrogen-bond acceptors (Lipinski definition) is 7. The lowest BCUT2D eigenvalue weighted by atomic mass is 9.85. The van der Waals surface area contributed by atoms with Gasteiger partial charge < -0.3 is 10.4 Å². The van der Waals surface area contributed by atoms with Gasteiger partial charge in [0.25, 0.3) is 0 Å². The Hall–Kier alpha value is -3.23. The number of aryl methyl sites for hydroxylation is 1. The van der Waals surface area contributed by atoms with Crippen LogP contribution in [0.15, 0.2) is 35.5 Å². The Morgan fingerprint density at radius 2 is 1.97 bits per heavy atom. The number of sulfone groups is 1. The Kier molecular flexibility index (Phi) is 6.02. The van der Waals surface area contributed by atoms with E-state index < -0.39 is 44.7 Å². The summed E-state index contributed by atoms with van der Waals surface area (Å²) in [4.78, 5) is 12.4. The van der Waals surface area contributed by atoms with Gasteiger partial charge in [-0.05, 0) is 38.8 Å². The standard InChI is InChI=1S/C24H23F3N4O3S/c1-5-23(32,15-9-10-15)24(26,27)18-8-6-7-16(21(18)25)13(2)29-22-17-11-20(35(4,33)34)28-12-19(17)30-14(3)31-22/h1,6-8,11-13,15,32H,9-10H2,2-4H3,(H,29,30,31)/t13-,23+/m1/s1. The van der Waals surface area contributed by atoms with E-state index in [2.05, 4.69) is 20.3 Å². The third kappa shape index (κ3) is 4.32. The smallest absolute Gasteiger partial charge is 0.315 e. The van der Waals surface area contributed by atoms with Crippen molar-refractivity contribution in [1.82, 2.24) is 15.0 Å². The number of rotatable bonds is 7. The summed E-state index contributed by atoms with van der Waals surface area (Å²) < 4.78 is 70.0. The number of halogens is 3. The number of hydrogen-bond donors (Lipinski definition) is 2. The van der Waals surface area contributed by atoms with Crippen LogP contribution >= 0.6 is 0 Å². The second-order valence-electron chi connectivity index (χ2n) is 8.77. The fourth-order valence-corrected chi connectivity index (χ4v) is 4.60. The molecule has 1 aliphatic rings. The van der Waals surface area contributed by atoms with Crippen molar-refractivity contribution in [2.75, 3.05) is 11.6 Å². The number of pyridine rings is 1. The molecule has 4 rings (SSSR count). The van der Waals surface area contributed by atoms with Gasteiger partial charge in [0, 0.05) is 23.1 Å². The molecule has 35 heavy (non-hydrogen) atoms. The molecule has 7 nitrogen and oxygen atoms in total. The first-order chi connectivity index (χ1) is 16.3. The van der Waals surface area contributed by atoms with Crippen molar-refractivity contribution in [3.8, 4) is 12.3 Å². The van der Waals surface area contributed by atoms with Crippen LogP contribution in [-0.4, -0.2) is 40.3 Å². The quantitative estimate of drug-likeness (QED) is 0.470. The third-order valence-electron chi connectivity index (χ3n) is 6.10. The Balaban J connectivity index is 1.75. The first-order valence-electron chi connectivity index (χ1n) is 10.8. The van der Waals surface area contributed by atoms with Crippen LogP contribution < -0.4 is 5.32 Å². The van der Waals surface area contributed by atoms with Gasteiger partial charge >= 0.3 is 5.92 Å². The van der Waals surface area contributed by atoms with Gasteiger partial charge in [0.05, 0.1) is 23.3 Å². The fourth-order valence-electron chi connectivity index (χ4n) is 4.02. The summed E-state index contributed by atoms with van der Waals surface area (Å²) in [6.07, 6.45) is 8.22. The van der Waals surface area contributed by atoms with Crippen molar-refractivity contribution in [3.63, 3.8) is 0 Å². The number of terminal acetylenes is 1. The van der Waals surface area contributed by atoms with Gasteiger partial charge in [-0.3, -0.25) is 0 Å². The summed E-state index contributed by atoms with van der Waals surface area (Å²) in [7, 11) is -3.63. The first-order valence-corrected chi connectivity index (χ1v) is 12.7. The molecule has 2 N–H and O–H groups in total. The van der Waals surface area contributed by atoms with Crippen LogP contribution in [0.5, 0.6) is 0 Å².